The number of rotatable bonds is 6. The molecule has 3 heteroatoms. The highest BCUT2D eigenvalue weighted by molar-refractivity contribution is 9.10. The average molecular weight is 276 g/mol. The van der Waals surface area contributed by atoms with E-state index in [4.69, 9.17) is 5.73 Å². The van der Waals surface area contributed by atoms with E-state index in [0.29, 0.717) is 6.04 Å². The van der Waals surface area contributed by atoms with Crippen molar-refractivity contribution < 1.29 is 0 Å². The summed E-state index contributed by atoms with van der Waals surface area (Å²) in [6.07, 6.45) is 5.88. The van der Waals surface area contributed by atoms with Gasteiger partial charge in [0.1, 0.15) is 0 Å². The topological polar surface area (TPSA) is 26.0 Å². The van der Waals surface area contributed by atoms with Gasteiger partial charge in [0.15, 0.2) is 0 Å². The fourth-order valence-corrected chi connectivity index (χ4v) is 3.14. The molecule has 0 saturated carbocycles. The van der Waals surface area contributed by atoms with Crippen LogP contribution in [0.1, 0.15) is 37.5 Å². The molecule has 0 amide bonds. The molecule has 0 saturated heterocycles. The summed E-state index contributed by atoms with van der Waals surface area (Å²) in [5, 5.41) is 2.13. The summed E-state index contributed by atoms with van der Waals surface area (Å²) in [5.74, 6) is 0. The molecule has 1 unspecified atom stereocenters. The average Bonchev–Trinajstić information content (AvgIpc) is 2.52. The van der Waals surface area contributed by atoms with Crippen LogP contribution < -0.4 is 5.73 Å². The van der Waals surface area contributed by atoms with E-state index in [2.05, 4.69) is 34.3 Å². The van der Waals surface area contributed by atoms with Crippen molar-refractivity contribution in [3.63, 3.8) is 0 Å². The zero-order valence-corrected chi connectivity index (χ0v) is 11.0. The fraction of sp³-hybridized carbons (Fsp3) is 0.636. The number of thiophene rings is 1. The molecule has 1 heterocycles. The van der Waals surface area contributed by atoms with E-state index in [0.717, 1.165) is 19.3 Å². The van der Waals surface area contributed by atoms with Crippen LogP contribution in [0.5, 0.6) is 0 Å². The van der Waals surface area contributed by atoms with Gasteiger partial charge in [-0.1, -0.05) is 13.3 Å². The zero-order chi connectivity index (χ0) is 10.4. The zero-order valence-electron chi connectivity index (χ0n) is 8.63. The second-order valence-electron chi connectivity index (χ2n) is 3.63. The number of aryl methyl sites for hydroxylation is 1. The lowest BCUT2D eigenvalue weighted by atomic mass is 10.1. The summed E-state index contributed by atoms with van der Waals surface area (Å²) in [6.45, 7) is 2.19. The Hall–Kier alpha value is 0.140. The first kappa shape index (κ1) is 12.2. The van der Waals surface area contributed by atoms with Crippen LogP contribution in [0.3, 0.4) is 0 Å². The van der Waals surface area contributed by atoms with Gasteiger partial charge in [0, 0.05) is 15.4 Å². The van der Waals surface area contributed by atoms with Gasteiger partial charge in [-0.2, -0.15) is 0 Å². The first-order valence-electron chi connectivity index (χ1n) is 5.21. The molecular weight excluding hydrogens is 258 g/mol. The Morgan fingerprint density at radius 2 is 2.29 bits per heavy atom. The summed E-state index contributed by atoms with van der Waals surface area (Å²) in [4.78, 5) is 1.45. The molecule has 14 heavy (non-hydrogen) atoms. The van der Waals surface area contributed by atoms with Crippen molar-refractivity contribution in [1.82, 2.24) is 0 Å². The smallest absolute Gasteiger partial charge is 0.0314 e. The molecule has 0 radical (unpaired) electrons. The van der Waals surface area contributed by atoms with Crippen LogP contribution in [-0.4, -0.2) is 6.04 Å². The number of halogens is 1. The SMILES string of the molecule is CCCC(N)CCCc1sccc1Br. The summed E-state index contributed by atoms with van der Waals surface area (Å²) in [5.41, 5.74) is 5.95. The molecule has 0 aliphatic heterocycles. The van der Waals surface area contributed by atoms with Crippen molar-refractivity contribution in [2.24, 2.45) is 5.73 Å². The largest absolute Gasteiger partial charge is 0.328 e. The molecule has 0 aliphatic carbocycles. The number of hydrogen-bond acceptors (Lipinski definition) is 2. The lowest BCUT2D eigenvalue weighted by molar-refractivity contribution is 0.540. The van der Waals surface area contributed by atoms with Gasteiger partial charge in [-0.3, -0.25) is 0 Å². The van der Waals surface area contributed by atoms with Gasteiger partial charge < -0.3 is 5.73 Å². The minimum absolute atomic E-state index is 0.402. The molecule has 1 atom stereocenters. The van der Waals surface area contributed by atoms with Gasteiger partial charge in [-0.05, 0) is 53.1 Å². The molecule has 1 aromatic rings. The van der Waals surface area contributed by atoms with Gasteiger partial charge in [-0.25, -0.2) is 0 Å². The summed E-state index contributed by atoms with van der Waals surface area (Å²) >= 11 is 5.37. The van der Waals surface area contributed by atoms with E-state index < -0.39 is 0 Å². The maximum Gasteiger partial charge on any atom is 0.0314 e. The van der Waals surface area contributed by atoms with E-state index >= 15 is 0 Å². The van der Waals surface area contributed by atoms with E-state index in [1.807, 2.05) is 11.3 Å². The molecule has 1 rings (SSSR count). The first-order chi connectivity index (χ1) is 6.74. The summed E-state index contributed by atoms with van der Waals surface area (Å²) in [6, 6.07) is 2.52. The van der Waals surface area contributed by atoms with Crippen LogP contribution in [0.25, 0.3) is 0 Å². The third kappa shape index (κ3) is 4.11. The predicted molar refractivity (Wildman–Crippen MR) is 67.8 cm³/mol. The van der Waals surface area contributed by atoms with Crippen molar-refractivity contribution in [2.45, 2.75) is 45.1 Å². The van der Waals surface area contributed by atoms with Crippen LogP contribution in [0.15, 0.2) is 15.9 Å². The minimum atomic E-state index is 0.402. The minimum Gasteiger partial charge on any atom is -0.328 e. The van der Waals surface area contributed by atoms with E-state index in [9.17, 15) is 0 Å². The Morgan fingerprint density at radius 3 is 2.86 bits per heavy atom. The molecule has 0 aromatic carbocycles. The van der Waals surface area contributed by atoms with Crippen LogP contribution in [-0.2, 0) is 6.42 Å². The molecule has 0 fully saturated rings. The highest BCUT2D eigenvalue weighted by Gasteiger charge is 2.04. The van der Waals surface area contributed by atoms with Crippen LogP contribution in [0.2, 0.25) is 0 Å². The van der Waals surface area contributed by atoms with Crippen LogP contribution >= 0.6 is 27.3 Å². The second-order valence-corrected chi connectivity index (χ2v) is 5.49. The van der Waals surface area contributed by atoms with Crippen LogP contribution in [0.4, 0.5) is 0 Å². The van der Waals surface area contributed by atoms with E-state index in [-0.39, 0.29) is 0 Å². The molecule has 1 aromatic heterocycles. The third-order valence-electron chi connectivity index (χ3n) is 2.33. The Morgan fingerprint density at radius 1 is 1.50 bits per heavy atom. The molecule has 1 nitrogen and oxygen atoms in total. The van der Waals surface area contributed by atoms with Gasteiger partial charge in [0.2, 0.25) is 0 Å². The molecule has 0 aliphatic rings. The molecule has 0 spiro atoms. The number of hydrogen-bond donors (Lipinski definition) is 1. The van der Waals surface area contributed by atoms with Crippen molar-refractivity contribution >= 4 is 27.3 Å². The predicted octanol–water partition coefficient (Wildman–Crippen LogP) is 3.96. The van der Waals surface area contributed by atoms with E-state index in [1.54, 1.807) is 0 Å². The molecular formula is C11H18BrNS. The van der Waals surface area contributed by atoms with Crippen LogP contribution in [0, 0.1) is 0 Å². The summed E-state index contributed by atoms with van der Waals surface area (Å²) < 4.78 is 1.26. The lowest BCUT2D eigenvalue weighted by Crippen LogP contribution is -2.19. The first-order valence-corrected chi connectivity index (χ1v) is 6.88. The van der Waals surface area contributed by atoms with Crippen molar-refractivity contribution in [2.75, 3.05) is 0 Å². The monoisotopic (exact) mass is 275 g/mol. The highest BCUT2D eigenvalue weighted by Crippen LogP contribution is 2.24. The van der Waals surface area contributed by atoms with E-state index in [1.165, 1.54) is 22.2 Å². The standard InChI is InChI=1S/C11H18BrNS/c1-2-4-9(13)5-3-6-11-10(12)7-8-14-11/h7-9H,2-6,13H2,1H3. The quantitative estimate of drug-likeness (QED) is 0.836. The number of nitrogens with two attached hydrogens (primary N) is 1. The van der Waals surface area contributed by atoms with Gasteiger partial charge >= 0.3 is 0 Å². The molecule has 2 N–H and O–H groups in total. The summed E-state index contributed by atoms with van der Waals surface area (Å²) in [7, 11) is 0. The lowest BCUT2D eigenvalue weighted by Gasteiger charge is -2.08. The fourth-order valence-electron chi connectivity index (χ4n) is 1.54. The molecule has 0 bridgehead atoms. The molecule has 80 valence electrons. The van der Waals surface area contributed by atoms with Gasteiger partial charge in [-0.15, -0.1) is 11.3 Å². The highest BCUT2D eigenvalue weighted by atomic mass is 79.9. The second kappa shape index (κ2) is 6.59. The van der Waals surface area contributed by atoms with Gasteiger partial charge in [0.05, 0.1) is 0 Å². The normalized spacial score (nSPS) is 13.1. The third-order valence-corrected chi connectivity index (χ3v) is 4.32. The van der Waals surface area contributed by atoms with Crippen molar-refractivity contribution in [3.05, 3.63) is 20.8 Å². The Labute approximate surface area is 98.8 Å². The Bertz CT molecular complexity index is 260. The van der Waals surface area contributed by atoms with Crippen molar-refractivity contribution in [1.29, 1.82) is 0 Å². The Kier molecular flexibility index (Phi) is 5.75. The maximum absolute atomic E-state index is 5.95. The van der Waals surface area contributed by atoms with Crippen molar-refractivity contribution in [3.8, 4) is 0 Å². The Balaban J connectivity index is 2.19. The van der Waals surface area contributed by atoms with Gasteiger partial charge in [0.25, 0.3) is 0 Å². The maximum atomic E-state index is 5.95.